The summed E-state index contributed by atoms with van der Waals surface area (Å²) in [5, 5.41) is 12.3. The molecule has 0 saturated carbocycles. The van der Waals surface area contributed by atoms with Gasteiger partial charge >= 0.3 is 6.03 Å². The van der Waals surface area contributed by atoms with E-state index in [1.807, 2.05) is 29.2 Å². The standard InChI is InChI=1S/C17H27N3O2/c1-3-14-5-7-15(8-6-14)18-17(22)20-11-9-19(10-12-20)16(4-2)13-21/h5-8,16,21H,3-4,9-13H2,1-2H3,(H,18,22). The van der Waals surface area contributed by atoms with Crippen molar-refractivity contribution in [2.24, 2.45) is 0 Å². The van der Waals surface area contributed by atoms with E-state index in [2.05, 4.69) is 24.1 Å². The summed E-state index contributed by atoms with van der Waals surface area (Å²) in [5.74, 6) is 0. The van der Waals surface area contributed by atoms with Crippen LogP contribution in [0.3, 0.4) is 0 Å². The Hall–Kier alpha value is -1.59. The van der Waals surface area contributed by atoms with E-state index in [0.29, 0.717) is 13.1 Å². The first kappa shape index (κ1) is 16.8. The Morgan fingerprint density at radius 3 is 2.32 bits per heavy atom. The van der Waals surface area contributed by atoms with E-state index in [4.69, 9.17) is 0 Å². The first-order chi connectivity index (χ1) is 10.7. The number of urea groups is 1. The second-order valence-electron chi connectivity index (χ2n) is 5.75. The summed E-state index contributed by atoms with van der Waals surface area (Å²) in [4.78, 5) is 16.4. The average Bonchev–Trinajstić information content (AvgIpc) is 2.57. The average molecular weight is 305 g/mol. The summed E-state index contributed by atoms with van der Waals surface area (Å²) in [5.41, 5.74) is 2.10. The molecule has 2 N–H and O–H groups in total. The molecule has 1 atom stereocenters. The first-order valence-electron chi connectivity index (χ1n) is 8.17. The van der Waals surface area contributed by atoms with Gasteiger partial charge in [-0.05, 0) is 30.5 Å². The minimum Gasteiger partial charge on any atom is -0.395 e. The number of amides is 2. The van der Waals surface area contributed by atoms with Crippen molar-refractivity contribution >= 4 is 11.7 Å². The van der Waals surface area contributed by atoms with E-state index in [1.165, 1.54) is 5.56 Å². The number of hydrogen-bond acceptors (Lipinski definition) is 3. The third kappa shape index (κ3) is 4.21. The molecule has 122 valence electrons. The number of carbonyl (C=O) groups is 1. The second-order valence-corrected chi connectivity index (χ2v) is 5.75. The maximum atomic E-state index is 12.3. The minimum absolute atomic E-state index is 0.0408. The monoisotopic (exact) mass is 305 g/mol. The van der Waals surface area contributed by atoms with E-state index < -0.39 is 0 Å². The molecule has 1 saturated heterocycles. The molecule has 0 bridgehead atoms. The van der Waals surface area contributed by atoms with Crippen molar-refractivity contribution in [2.45, 2.75) is 32.7 Å². The number of nitrogens with zero attached hydrogens (tertiary/aromatic N) is 2. The summed E-state index contributed by atoms with van der Waals surface area (Å²) in [6.45, 7) is 7.43. The van der Waals surface area contributed by atoms with Gasteiger partial charge in [0, 0.05) is 37.9 Å². The molecule has 1 heterocycles. The van der Waals surface area contributed by atoms with Crippen LogP contribution in [0.25, 0.3) is 0 Å². The van der Waals surface area contributed by atoms with Crippen molar-refractivity contribution in [1.29, 1.82) is 0 Å². The summed E-state index contributed by atoms with van der Waals surface area (Å²) in [6.07, 6.45) is 1.94. The van der Waals surface area contributed by atoms with Crippen LogP contribution in [0.2, 0.25) is 0 Å². The number of piperazine rings is 1. The zero-order chi connectivity index (χ0) is 15.9. The van der Waals surface area contributed by atoms with Crippen molar-refractivity contribution in [3.63, 3.8) is 0 Å². The van der Waals surface area contributed by atoms with Crippen LogP contribution in [-0.4, -0.2) is 59.8 Å². The van der Waals surface area contributed by atoms with Crippen molar-refractivity contribution in [1.82, 2.24) is 9.80 Å². The number of rotatable bonds is 5. The lowest BCUT2D eigenvalue weighted by molar-refractivity contribution is 0.0766. The van der Waals surface area contributed by atoms with E-state index in [9.17, 15) is 9.90 Å². The molecule has 2 amide bonds. The highest BCUT2D eigenvalue weighted by Gasteiger charge is 2.24. The van der Waals surface area contributed by atoms with Crippen LogP contribution >= 0.6 is 0 Å². The molecule has 1 aromatic rings. The lowest BCUT2D eigenvalue weighted by Crippen LogP contribution is -2.53. The fraction of sp³-hybridized carbons (Fsp3) is 0.588. The molecule has 5 heteroatoms. The molecule has 22 heavy (non-hydrogen) atoms. The van der Waals surface area contributed by atoms with Gasteiger partial charge in [-0.25, -0.2) is 4.79 Å². The Labute approximate surface area is 132 Å². The van der Waals surface area contributed by atoms with Crippen LogP contribution in [0, 0.1) is 0 Å². The van der Waals surface area contributed by atoms with Gasteiger partial charge in [0.2, 0.25) is 0 Å². The predicted octanol–water partition coefficient (Wildman–Crippen LogP) is 2.17. The normalized spacial score (nSPS) is 17.3. The smallest absolute Gasteiger partial charge is 0.321 e. The van der Waals surface area contributed by atoms with Gasteiger partial charge in [0.05, 0.1) is 6.61 Å². The highest BCUT2D eigenvalue weighted by atomic mass is 16.3. The Morgan fingerprint density at radius 2 is 1.82 bits per heavy atom. The molecule has 1 aliphatic heterocycles. The number of nitrogens with one attached hydrogen (secondary N) is 1. The zero-order valence-corrected chi connectivity index (χ0v) is 13.6. The fourth-order valence-electron chi connectivity index (χ4n) is 2.82. The molecule has 0 spiro atoms. The maximum Gasteiger partial charge on any atom is 0.321 e. The number of aliphatic hydroxyl groups is 1. The van der Waals surface area contributed by atoms with Gasteiger partial charge < -0.3 is 15.3 Å². The van der Waals surface area contributed by atoms with Crippen molar-refractivity contribution < 1.29 is 9.90 Å². The molecule has 0 radical (unpaired) electrons. The van der Waals surface area contributed by atoms with Gasteiger partial charge in [0.15, 0.2) is 0 Å². The molecule has 0 aromatic heterocycles. The van der Waals surface area contributed by atoms with Crippen LogP contribution in [0.4, 0.5) is 10.5 Å². The molecule has 1 fully saturated rings. The SMILES string of the molecule is CCc1ccc(NC(=O)N2CCN(C(CC)CO)CC2)cc1. The first-order valence-corrected chi connectivity index (χ1v) is 8.17. The van der Waals surface area contributed by atoms with Crippen LogP contribution < -0.4 is 5.32 Å². The largest absolute Gasteiger partial charge is 0.395 e. The molecular weight excluding hydrogens is 278 g/mol. The van der Waals surface area contributed by atoms with Crippen LogP contribution in [0.5, 0.6) is 0 Å². The van der Waals surface area contributed by atoms with Gasteiger partial charge in [0.25, 0.3) is 0 Å². The van der Waals surface area contributed by atoms with Crippen LogP contribution in [0.15, 0.2) is 24.3 Å². The molecule has 1 aliphatic rings. The van der Waals surface area contributed by atoms with Crippen molar-refractivity contribution in [3.8, 4) is 0 Å². The van der Waals surface area contributed by atoms with Gasteiger partial charge in [0.1, 0.15) is 0 Å². The number of aliphatic hydroxyl groups excluding tert-OH is 1. The van der Waals surface area contributed by atoms with Gasteiger partial charge in [-0.3, -0.25) is 4.90 Å². The lowest BCUT2D eigenvalue weighted by Gasteiger charge is -2.38. The van der Waals surface area contributed by atoms with Gasteiger partial charge in [-0.1, -0.05) is 26.0 Å². The molecule has 5 nitrogen and oxygen atoms in total. The van der Waals surface area contributed by atoms with E-state index in [0.717, 1.165) is 31.6 Å². The molecule has 1 unspecified atom stereocenters. The topological polar surface area (TPSA) is 55.8 Å². The quantitative estimate of drug-likeness (QED) is 0.876. The number of carbonyl (C=O) groups excluding carboxylic acids is 1. The summed E-state index contributed by atoms with van der Waals surface area (Å²) in [7, 11) is 0. The van der Waals surface area contributed by atoms with E-state index in [1.54, 1.807) is 0 Å². The van der Waals surface area contributed by atoms with Crippen LogP contribution in [-0.2, 0) is 6.42 Å². The Kier molecular flexibility index (Phi) is 6.21. The molecule has 0 aliphatic carbocycles. The number of anilines is 1. The highest BCUT2D eigenvalue weighted by Crippen LogP contribution is 2.13. The molecule has 2 rings (SSSR count). The van der Waals surface area contributed by atoms with Crippen LogP contribution in [0.1, 0.15) is 25.8 Å². The number of benzene rings is 1. The van der Waals surface area contributed by atoms with Gasteiger partial charge in [-0.2, -0.15) is 0 Å². The summed E-state index contributed by atoms with van der Waals surface area (Å²) >= 11 is 0. The number of hydrogen-bond donors (Lipinski definition) is 2. The van der Waals surface area contributed by atoms with Crippen molar-refractivity contribution in [3.05, 3.63) is 29.8 Å². The highest BCUT2D eigenvalue weighted by molar-refractivity contribution is 5.89. The maximum absolute atomic E-state index is 12.3. The lowest BCUT2D eigenvalue weighted by atomic mass is 10.1. The molecular formula is C17H27N3O2. The van der Waals surface area contributed by atoms with E-state index in [-0.39, 0.29) is 18.7 Å². The Bertz CT molecular complexity index is 463. The predicted molar refractivity (Wildman–Crippen MR) is 89.1 cm³/mol. The Morgan fingerprint density at radius 1 is 1.18 bits per heavy atom. The van der Waals surface area contributed by atoms with Crippen molar-refractivity contribution in [2.75, 3.05) is 38.1 Å². The fourth-order valence-corrected chi connectivity index (χ4v) is 2.82. The second kappa shape index (κ2) is 8.15. The summed E-state index contributed by atoms with van der Waals surface area (Å²) < 4.78 is 0. The Balaban J connectivity index is 1.84. The zero-order valence-electron chi connectivity index (χ0n) is 13.6. The van der Waals surface area contributed by atoms with Gasteiger partial charge in [-0.15, -0.1) is 0 Å². The summed E-state index contributed by atoms with van der Waals surface area (Å²) in [6, 6.07) is 8.16. The third-order valence-electron chi connectivity index (χ3n) is 4.41. The molecule has 1 aromatic carbocycles. The minimum atomic E-state index is -0.0408. The van der Waals surface area contributed by atoms with E-state index >= 15 is 0 Å². The number of aryl methyl sites for hydroxylation is 1. The third-order valence-corrected chi connectivity index (χ3v) is 4.41.